The van der Waals surface area contributed by atoms with Gasteiger partial charge in [-0.2, -0.15) is 0 Å². The summed E-state index contributed by atoms with van der Waals surface area (Å²) in [5.41, 5.74) is 2.40. The fraction of sp³-hybridized carbons (Fsp3) is 0.273. The van der Waals surface area contributed by atoms with E-state index in [-0.39, 0.29) is 24.4 Å². The first-order valence-corrected chi connectivity index (χ1v) is 9.30. The van der Waals surface area contributed by atoms with Gasteiger partial charge < -0.3 is 14.5 Å². The Morgan fingerprint density at radius 1 is 1.18 bits per heavy atom. The number of hydrogen-bond donors (Lipinski definition) is 1. The molecule has 1 aliphatic rings. The van der Waals surface area contributed by atoms with Crippen molar-refractivity contribution in [2.45, 2.75) is 32.9 Å². The lowest BCUT2D eigenvalue weighted by molar-refractivity contribution is -0.128. The molecule has 2 atom stereocenters. The summed E-state index contributed by atoms with van der Waals surface area (Å²) >= 11 is 0. The molecule has 144 valence electrons. The Hall–Kier alpha value is -3.28. The maximum Gasteiger partial charge on any atom is 0.268 e. The second-order valence-corrected chi connectivity index (χ2v) is 7.03. The highest BCUT2D eigenvalue weighted by atomic mass is 16.5. The lowest BCUT2D eigenvalue weighted by Crippen LogP contribution is -2.49. The molecule has 0 aliphatic carbocycles. The predicted octanol–water partition coefficient (Wildman–Crippen LogP) is 3.73. The Balaban J connectivity index is 1.52. The van der Waals surface area contributed by atoms with Gasteiger partial charge in [-0.15, -0.1) is 0 Å². The van der Waals surface area contributed by atoms with E-state index in [2.05, 4.69) is 5.32 Å². The van der Waals surface area contributed by atoms with Gasteiger partial charge in [0.15, 0.2) is 6.10 Å². The van der Waals surface area contributed by atoms with Crippen LogP contribution < -0.4 is 15.0 Å². The van der Waals surface area contributed by atoms with E-state index in [1.54, 1.807) is 19.1 Å². The molecule has 0 radical (unpaired) electrons. The zero-order chi connectivity index (χ0) is 19.8. The molecule has 0 saturated carbocycles. The summed E-state index contributed by atoms with van der Waals surface area (Å²) in [6.45, 7) is 5.46. The zero-order valence-electron chi connectivity index (χ0n) is 16.1. The number of anilines is 1. The first-order valence-electron chi connectivity index (χ1n) is 9.30. The van der Waals surface area contributed by atoms with Crippen LogP contribution in [0.2, 0.25) is 0 Å². The van der Waals surface area contributed by atoms with Crippen molar-refractivity contribution in [1.29, 1.82) is 0 Å². The maximum atomic E-state index is 12.7. The van der Waals surface area contributed by atoms with Crippen LogP contribution in [0.4, 0.5) is 5.69 Å². The first kappa shape index (κ1) is 18.1. The molecule has 3 aromatic rings. The van der Waals surface area contributed by atoms with Gasteiger partial charge in [-0.05, 0) is 39.0 Å². The molecule has 6 heteroatoms. The van der Waals surface area contributed by atoms with Crippen molar-refractivity contribution in [2.75, 3.05) is 11.4 Å². The molecule has 2 amide bonds. The number of nitrogens with zero attached hydrogens (tertiary/aromatic N) is 1. The molecule has 0 unspecified atom stereocenters. The van der Waals surface area contributed by atoms with E-state index < -0.39 is 6.10 Å². The second kappa shape index (κ2) is 7.03. The quantitative estimate of drug-likeness (QED) is 0.751. The number of amides is 2. The van der Waals surface area contributed by atoms with Crippen molar-refractivity contribution in [3.63, 3.8) is 0 Å². The van der Waals surface area contributed by atoms with Crippen molar-refractivity contribution >= 4 is 28.5 Å². The highest BCUT2D eigenvalue weighted by Crippen LogP contribution is 2.33. The summed E-state index contributed by atoms with van der Waals surface area (Å²) < 4.78 is 11.5. The van der Waals surface area contributed by atoms with Gasteiger partial charge in [-0.1, -0.05) is 30.3 Å². The monoisotopic (exact) mass is 378 g/mol. The van der Waals surface area contributed by atoms with Crippen LogP contribution in [0.1, 0.15) is 31.2 Å². The SMILES string of the molecule is Cc1c([C@H](C)NC(=O)CN2C(=O)[C@@H](C)Oc3ccccc32)oc2ccccc12. The molecule has 0 saturated heterocycles. The number of benzene rings is 2. The van der Waals surface area contributed by atoms with Crippen molar-refractivity contribution in [3.8, 4) is 5.75 Å². The molecule has 2 aromatic carbocycles. The third kappa shape index (κ3) is 3.11. The molecule has 28 heavy (non-hydrogen) atoms. The van der Waals surface area contributed by atoms with Gasteiger partial charge in [-0.25, -0.2) is 0 Å². The van der Waals surface area contributed by atoms with E-state index in [1.807, 2.05) is 50.2 Å². The summed E-state index contributed by atoms with van der Waals surface area (Å²) in [7, 11) is 0. The Kier molecular flexibility index (Phi) is 4.55. The third-order valence-electron chi connectivity index (χ3n) is 5.03. The minimum absolute atomic E-state index is 0.0762. The average Bonchev–Trinajstić information content (AvgIpc) is 3.02. The number of carbonyl (C=O) groups excluding carboxylic acids is 2. The number of nitrogens with one attached hydrogen (secondary N) is 1. The molecule has 2 heterocycles. The maximum absolute atomic E-state index is 12.7. The number of hydrogen-bond acceptors (Lipinski definition) is 4. The van der Waals surface area contributed by atoms with Gasteiger partial charge in [0.1, 0.15) is 23.6 Å². The smallest absolute Gasteiger partial charge is 0.268 e. The van der Waals surface area contributed by atoms with E-state index >= 15 is 0 Å². The minimum Gasteiger partial charge on any atom is -0.479 e. The Bertz CT molecular complexity index is 1060. The summed E-state index contributed by atoms with van der Waals surface area (Å²) in [5, 5.41) is 3.98. The van der Waals surface area contributed by atoms with Crippen molar-refractivity contribution in [1.82, 2.24) is 5.32 Å². The number of fused-ring (bicyclic) bond motifs is 2. The largest absolute Gasteiger partial charge is 0.479 e. The fourth-order valence-corrected chi connectivity index (χ4v) is 3.62. The highest BCUT2D eigenvalue weighted by Gasteiger charge is 2.32. The molecule has 0 fully saturated rings. The fourth-order valence-electron chi connectivity index (χ4n) is 3.62. The lowest BCUT2D eigenvalue weighted by Gasteiger charge is -2.32. The number of furan rings is 1. The summed E-state index contributed by atoms with van der Waals surface area (Å²) in [6.07, 6.45) is -0.627. The number of ether oxygens (including phenoxy) is 1. The Labute approximate surface area is 163 Å². The minimum atomic E-state index is -0.627. The average molecular weight is 378 g/mol. The zero-order valence-corrected chi connectivity index (χ0v) is 16.1. The molecular formula is C22H22N2O4. The molecule has 0 spiro atoms. The summed E-state index contributed by atoms with van der Waals surface area (Å²) in [6, 6.07) is 14.7. The van der Waals surface area contributed by atoms with Crippen LogP contribution >= 0.6 is 0 Å². The van der Waals surface area contributed by atoms with E-state index in [1.165, 1.54) is 4.90 Å². The van der Waals surface area contributed by atoms with Crippen molar-refractivity contribution in [2.24, 2.45) is 0 Å². The van der Waals surface area contributed by atoms with Gasteiger partial charge in [0, 0.05) is 10.9 Å². The van der Waals surface area contributed by atoms with Gasteiger partial charge in [-0.3, -0.25) is 14.5 Å². The molecule has 0 bridgehead atoms. The van der Waals surface area contributed by atoms with Gasteiger partial charge in [0.05, 0.1) is 11.7 Å². The third-order valence-corrected chi connectivity index (χ3v) is 5.03. The topological polar surface area (TPSA) is 71.8 Å². The Morgan fingerprint density at radius 3 is 2.68 bits per heavy atom. The molecular weight excluding hydrogens is 356 g/mol. The molecule has 1 N–H and O–H groups in total. The van der Waals surface area contributed by atoms with Crippen LogP contribution in [0, 0.1) is 6.92 Å². The van der Waals surface area contributed by atoms with Crippen LogP contribution in [0.25, 0.3) is 11.0 Å². The van der Waals surface area contributed by atoms with Crippen LogP contribution in [-0.4, -0.2) is 24.5 Å². The van der Waals surface area contributed by atoms with E-state index in [4.69, 9.17) is 9.15 Å². The standard InChI is InChI=1S/C22H22N2O4/c1-13-16-8-4-6-10-18(16)28-21(13)14(2)23-20(25)12-24-17-9-5-7-11-19(17)27-15(3)22(24)26/h4-11,14-15H,12H2,1-3H3,(H,23,25)/t14-,15+/m0/s1. The normalized spacial score (nSPS) is 17.2. The van der Waals surface area contributed by atoms with E-state index in [0.717, 1.165) is 22.3 Å². The lowest BCUT2D eigenvalue weighted by atomic mass is 10.1. The second-order valence-electron chi connectivity index (χ2n) is 7.03. The van der Waals surface area contributed by atoms with Crippen LogP contribution in [0.5, 0.6) is 5.75 Å². The molecule has 1 aromatic heterocycles. The van der Waals surface area contributed by atoms with Crippen LogP contribution in [0.15, 0.2) is 52.9 Å². The Morgan fingerprint density at radius 2 is 1.89 bits per heavy atom. The number of rotatable bonds is 4. The summed E-state index contributed by atoms with van der Waals surface area (Å²) in [4.78, 5) is 26.7. The number of carbonyl (C=O) groups is 2. The number of para-hydroxylation sites is 3. The van der Waals surface area contributed by atoms with Gasteiger partial charge in [0.25, 0.3) is 5.91 Å². The highest BCUT2D eigenvalue weighted by molar-refractivity contribution is 6.03. The summed E-state index contributed by atoms with van der Waals surface area (Å²) in [5.74, 6) is 0.825. The van der Waals surface area contributed by atoms with E-state index in [0.29, 0.717) is 11.4 Å². The van der Waals surface area contributed by atoms with Crippen molar-refractivity contribution in [3.05, 3.63) is 59.9 Å². The first-order chi connectivity index (χ1) is 13.5. The van der Waals surface area contributed by atoms with Crippen LogP contribution in [0.3, 0.4) is 0 Å². The molecule has 4 rings (SSSR count). The van der Waals surface area contributed by atoms with Crippen LogP contribution in [-0.2, 0) is 9.59 Å². The molecule has 6 nitrogen and oxygen atoms in total. The number of aryl methyl sites for hydroxylation is 1. The van der Waals surface area contributed by atoms with Gasteiger partial charge in [0.2, 0.25) is 5.91 Å². The molecule has 1 aliphatic heterocycles. The van der Waals surface area contributed by atoms with Crippen molar-refractivity contribution < 1.29 is 18.7 Å². The predicted molar refractivity (Wildman–Crippen MR) is 106 cm³/mol. The van der Waals surface area contributed by atoms with E-state index in [9.17, 15) is 9.59 Å². The van der Waals surface area contributed by atoms with Gasteiger partial charge >= 0.3 is 0 Å².